The van der Waals surface area contributed by atoms with Crippen molar-refractivity contribution in [3.8, 4) is 6.07 Å². The average Bonchev–Trinajstić information content (AvgIpc) is 3.19. The molecule has 0 saturated heterocycles. The van der Waals surface area contributed by atoms with Gasteiger partial charge in [0, 0.05) is 10.3 Å². The summed E-state index contributed by atoms with van der Waals surface area (Å²) in [6.45, 7) is 0. The van der Waals surface area contributed by atoms with Crippen molar-refractivity contribution in [3.05, 3.63) is 52.1 Å². The number of hydrogen-bond acceptors (Lipinski definition) is 4. The number of furan rings is 1. The molecule has 0 saturated carbocycles. The summed E-state index contributed by atoms with van der Waals surface area (Å²) in [5, 5.41) is 13.7. The summed E-state index contributed by atoms with van der Waals surface area (Å²) in [6.07, 6.45) is 3.01. The number of benzene rings is 1. The second-order valence-corrected chi connectivity index (χ2v) is 6.38. The first-order valence-corrected chi connectivity index (χ1v) is 7.92. The number of rotatable bonds is 2. The van der Waals surface area contributed by atoms with Gasteiger partial charge in [0.15, 0.2) is 5.76 Å². The zero-order valence-corrected chi connectivity index (χ0v) is 12.5. The number of anilines is 1. The fraction of sp³-hybridized carbons (Fsp3) is 0.176. The topological polar surface area (TPSA) is 66.0 Å². The zero-order valence-electron chi connectivity index (χ0n) is 11.7. The highest BCUT2D eigenvalue weighted by Crippen LogP contribution is 2.38. The first-order chi connectivity index (χ1) is 10.8. The van der Waals surface area contributed by atoms with Crippen LogP contribution in [-0.2, 0) is 12.8 Å². The molecule has 0 unspecified atom stereocenters. The molecular weight excluding hydrogens is 296 g/mol. The van der Waals surface area contributed by atoms with Gasteiger partial charge in [-0.3, -0.25) is 4.79 Å². The van der Waals surface area contributed by atoms with E-state index in [0.29, 0.717) is 16.1 Å². The van der Waals surface area contributed by atoms with Crippen molar-refractivity contribution in [2.75, 3.05) is 5.32 Å². The molecule has 0 bridgehead atoms. The van der Waals surface area contributed by atoms with Gasteiger partial charge in [-0.2, -0.15) is 5.26 Å². The van der Waals surface area contributed by atoms with E-state index in [0.717, 1.165) is 30.2 Å². The number of carbonyl (C=O) groups is 1. The summed E-state index contributed by atoms with van der Waals surface area (Å²) in [5.41, 5.74) is 2.40. The van der Waals surface area contributed by atoms with Gasteiger partial charge in [-0.25, -0.2) is 0 Å². The van der Waals surface area contributed by atoms with Crippen LogP contribution < -0.4 is 5.32 Å². The Bertz CT molecular complexity index is 897. The minimum absolute atomic E-state index is 0.263. The molecule has 4 rings (SSSR count). The maximum absolute atomic E-state index is 12.4. The molecule has 22 heavy (non-hydrogen) atoms. The van der Waals surface area contributed by atoms with Gasteiger partial charge in [0.1, 0.15) is 16.7 Å². The van der Waals surface area contributed by atoms with Crippen LogP contribution in [0.4, 0.5) is 5.00 Å². The fourth-order valence-corrected chi connectivity index (χ4v) is 4.10. The molecular formula is C17H12N2O2S. The van der Waals surface area contributed by atoms with Crippen LogP contribution in [0.2, 0.25) is 0 Å². The Hall–Kier alpha value is -2.58. The van der Waals surface area contributed by atoms with E-state index >= 15 is 0 Å². The van der Waals surface area contributed by atoms with Crippen molar-refractivity contribution >= 4 is 33.2 Å². The van der Waals surface area contributed by atoms with Crippen molar-refractivity contribution < 1.29 is 9.21 Å². The van der Waals surface area contributed by atoms with Crippen molar-refractivity contribution in [1.82, 2.24) is 0 Å². The lowest BCUT2D eigenvalue weighted by Gasteiger charge is -2.01. The first-order valence-electron chi connectivity index (χ1n) is 7.11. The van der Waals surface area contributed by atoms with Crippen molar-refractivity contribution in [2.45, 2.75) is 19.3 Å². The summed E-state index contributed by atoms with van der Waals surface area (Å²) in [4.78, 5) is 13.6. The standard InChI is InChI=1S/C17H12N2O2S/c18-9-12-11-5-3-7-15(11)22-17(12)19-16(20)14-8-10-4-1-2-6-13(10)21-14/h1-2,4,6,8H,3,5,7H2,(H,19,20). The number of para-hydroxylation sites is 1. The lowest BCUT2D eigenvalue weighted by atomic mass is 10.1. The Morgan fingerprint density at radius 2 is 2.18 bits per heavy atom. The molecule has 1 aliphatic rings. The minimum atomic E-state index is -0.312. The number of carbonyl (C=O) groups excluding carboxylic acids is 1. The highest BCUT2D eigenvalue weighted by atomic mass is 32.1. The van der Waals surface area contributed by atoms with Gasteiger partial charge in [-0.1, -0.05) is 18.2 Å². The second kappa shape index (κ2) is 5.00. The lowest BCUT2D eigenvalue weighted by Crippen LogP contribution is -2.10. The Labute approximate surface area is 131 Å². The monoisotopic (exact) mass is 308 g/mol. The predicted octanol–water partition coefficient (Wildman–Crippen LogP) is 4.11. The van der Waals surface area contributed by atoms with Crippen LogP contribution in [0.3, 0.4) is 0 Å². The SMILES string of the molecule is N#Cc1c(NC(=O)c2cc3ccccc3o2)sc2c1CCC2. The highest BCUT2D eigenvalue weighted by molar-refractivity contribution is 7.16. The molecule has 5 heteroatoms. The van der Waals surface area contributed by atoms with E-state index in [-0.39, 0.29) is 11.7 Å². The van der Waals surface area contributed by atoms with Gasteiger partial charge < -0.3 is 9.73 Å². The third-order valence-corrected chi connectivity index (χ3v) is 5.12. The molecule has 2 heterocycles. The van der Waals surface area contributed by atoms with E-state index < -0.39 is 0 Å². The van der Waals surface area contributed by atoms with Gasteiger partial charge in [0.2, 0.25) is 0 Å². The highest BCUT2D eigenvalue weighted by Gasteiger charge is 2.24. The summed E-state index contributed by atoms with van der Waals surface area (Å²) < 4.78 is 5.56. The average molecular weight is 308 g/mol. The lowest BCUT2D eigenvalue weighted by molar-refractivity contribution is 0.0999. The molecule has 4 nitrogen and oxygen atoms in total. The van der Waals surface area contributed by atoms with Gasteiger partial charge in [-0.15, -0.1) is 11.3 Å². The normalized spacial score (nSPS) is 13.0. The molecule has 1 aromatic carbocycles. The molecule has 1 N–H and O–H groups in total. The molecule has 1 amide bonds. The van der Waals surface area contributed by atoms with Gasteiger partial charge in [0.25, 0.3) is 5.91 Å². The number of aryl methyl sites for hydroxylation is 1. The number of nitriles is 1. The van der Waals surface area contributed by atoms with Crippen LogP contribution in [0.1, 0.15) is 33.0 Å². The predicted molar refractivity (Wildman–Crippen MR) is 85.2 cm³/mol. The number of hydrogen-bond donors (Lipinski definition) is 1. The molecule has 0 fully saturated rings. The van der Waals surface area contributed by atoms with E-state index in [2.05, 4.69) is 11.4 Å². The molecule has 2 aromatic heterocycles. The van der Waals surface area contributed by atoms with Crippen molar-refractivity contribution in [1.29, 1.82) is 5.26 Å². The fourth-order valence-electron chi connectivity index (χ4n) is 2.87. The third-order valence-electron chi connectivity index (χ3n) is 3.91. The number of nitrogens with zero attached hydrogens (tertiary/aromatic N) is 1. The van der Waals surface area contributed by atoms with E-state index in [9.17, 15) is 10.1 Å². The van der Waals surface area contributed by atoms with E-state index in [1.54, 1.807) is 6.07 Å². The summed E-state index contributed by atoms with van der Waals surface area (Å²) in [6, 6.07) is 11.4. The van der Waals surface area contributed by atoms with Crippen molar-refractivity contribution in [2.24, 2.45) is 0 Å². The minimum Gasteiger partial charge on any atom is -0.451 e. The van der Waals surface area contributed by atoms with E-state index in [1.807, 2.05) is 24.3 Å². The van der Waals surface area contributed by atoms with E-state index in [1.165, 1.54) is 16.2 Å². The van der Waals surface area contributed by atoms with Crippen LogP contribution in [0.25, 0.3) is 11.0 Å². The first kappa shape index (κ1) is 13.1. The van der Waals surface area contributed by atoms with E-state index in [4.69, 9.17) is 4.42 Å². The van der Waals surface area contributed by atoms with Crippen LogP contribution in [0.5, 0.6) is 0 Å². The number of fused-ring (bicyclic) bond motifs is 2. The summed E-state index contributed by atoms with van der Waals surface area (Å²) in [7, 11) is 0. The Morgan fingerprint density at radius 3 is 3.00 bits per heavy atom. The molecule has 3 aromatic rings. The number of amides is 1. The Kier molecular flexibility index (Phi) is 2.98. The maximum Gasteiger partial charge on any atom is 0.292 e. The van der Waals surface area contributed by atoms with Crippen LogP contribution in [0.15, 0.2) is 34.7 Å². The zero-order chi connectivity index (χ0) is 15.1. The van der Waals surface area contributed by atoms with Crippen molar-refractivity contribution in [3.63, 3.8) is 0 Å². The second-order valence-electron chi connectivity index (χ2n) is 5.28. The molecule has 108 valence electrons. The quantitative estimate of drug-likeness (QED) is 0.775. The molecule has 0 aliphatic heterocycles. The summed E-state index contributed by atoms with van der Waals surface area (Å²) >= 11 is 1.51. The molecule has 0 radical (unpaired) electrons. The third kappa shape index (κ3) is 2.00. The number of thiophene rings is 1. The molecule has 0 spiro atoms. The Morgan fingerprint density at radius 1 is 1.32 bits per heavy atom. The van der Waals surface area contributed by atoms with Crippen LogP contribution in [0, 0.1) is 11.3 Å². The number of nitrogens with one attached hydrogen (secondary N) is 1. The van der Waals surface area contributed by atoms with Gasteiger partial charge in [0.05, 0.1) is 5.56 Å². The molecule has 1 aliphatic carbocycles. The maximum atomic E-state index is 12.4. The van der Waals surface area contributed by atoms with Gasteiger partial charge in [-0.05, 0) is 37.0 Å². The van der Waals surface area contributed by atoms with Crippen LogP contribution in [-0.4, -0.2) is 5.91 Å². The largest absolute Gasteiger partial charge is 0.451 e. The summed E-state index contributed by atoms with van der Waals surface area (Å²) in [5.74, 6) is -0.0497. The Balaban J connectivity index is 1.66. The van der Waals surface area contributed by atoms with Crippen LogP contribution >= 0.6 is 11.3 Å². The van der Waals surface area contributed by atoms with Gasteiger partial charge >= 0.3 is 0 Å². The molecule has 0 atom stereocenters. The smallest absolute Gasteiger partial charge is 0.292 e.